The van der Waals surface area contributed by atoms with Crippen LogP contribution in [0.1, 0.15) is 25.3 Å². The van der Waals surface area contributed by atoms with Crippen molar-refractivity contribution < 1.29 is 14.3 Å². The predicted octanol–water partition coefficient (Wildman–Crippen LogP) is 1.66. The zero-order valence-electron chi connectivity index (χ0n) is 11.7. The lowest BCUT2D eigenvalue weighted by atomic mass is 10.2. The third kappa shape index (κ3) is 5.02. The van der Waals surface area contributed by atoms with Crippen molar-refractivity contribution in [3.63, 3.8) is 0 Å². The number of amides is 3. The summed E-state index contributed by atoms with van der Waals surface area (Å²) < 4.78 is 6.51. The maximum absolute atomic E-state index is 11.6. The minimum absolute atomic E-state index is 0.567. The van der Waals surface area contributed by atoms with Gasteiger partial charge in [-0.3, -0.25) is 10.1 Å². The highest BCUT2D eigenvalue weighted by atomic mass is 79.9. The van der Waals surface area contributed by atoms with Crippen molar-refractivity contribution in [2.24, 2.45) is 5.73 Å². The third-order valence-corrected chi connectivity index (χ3v) is 3.88. The summed E-state index contributed by atoms with van der Waals surface area (Å²) >= 11 is 3.49. The van der Waals surface area contributed by atoms with E-state index in [1.165, 1.54) is 12.8 Å². The maximum atomic E-state index is 11.6. The third-order valence-electron chi connectivity index (χ3n) is 3.10. The second-order valence-corrected chi connectivity index (χ2v) is 5.88. The molecule has 0 aliphatic heterocycles. The van der Waals surface area contributed by atoms with Gasteiger partial charge in [-0.2, -0.15) is 0 Å². The molecule has 0 aromatic heterocycles. The molecule has 0 radical (unpaired) electrons. The number of ether oxygens (including phenoxy) is 1. The van der Waals surface area contributed by atoms with Crippen LogP contribution in [0, 0.1) is 0 Å². The molecule has 0 bridgehead atoms. The molecule has 2 rings (SSSR count). The second kappa shape index (κ2) is 6.91. The standard InChI is InChI=1S/C14H18BrN3O3/c1-8(13(19)18-14(16)20)21-11-4-5-12(15)9(6-11)7-17-10-2-3-10/h4-6,8,10,17H,2-3,7H2,1H3,(H3,16,18,19,20). The van der Waals surface area contributed by atoms with Gasteiger partial charge >= 0.3 is 6.03 Å². The normalized spacial score (nSPS) is 15.3. The molecule has 1 atom stereocenters. The molecule has 0 heterocycles. The molecule has 3 amide bonds. The van der Waals surface area contributed by atoms with Gasteiger partial charge in [0, 0.05) is 17.1 Å². The zero-order chi connectivity index (χ0) is 15.4. The van der Waals surface area contributed by atoms with Crippen LogP contribution in [0.5, 0.6) is 5.75 Å². The lowest BCUT2D eigenvalue weighted by Crippen LogP contribution is -2.42. The number of carbonyl (C=O) groups excluding carboxylic acids is 2. The van der Waals surface area contributed by atoms with E-state index in [4.69, 9.17) is 10.5 Å². The van der Waals surface area contributed by atoms with Gasteiger partial charge in [0.25, 0.3) is 5.91 Å². The summed E-state index contributed by atoms with van der Waals surface area (Å²) in [5.41, 5.74) is 5.96. The van der Waals surface area contributed by atoms with Crippen LogP contribution in [-0.4, -0.2) is 24.1 Å². The van der Waals surface area contributed by atoms with E-state index in [0.29, 0.717) is 11.8 Å². The number of nitrogens with one attached hydrogen (secondary N) is 2. The highest BCUT2D eigenvalue weighted by Crippen LogP contribution is 2.25. The van der Waals surface area contributed by atoms with Crippen LogP contribution in [0.15, 0.2) is 22.7 Å². The molecule has 1 aliphatic rings. The first-order valence-electron chi connectivity index (χ1n) is 6.74. The number of rotatable bonds is 6. The molecule has 21 heavy (non-hydrogen) atoms. The zero-order valence-corrected chi connectivity index (χ0v) is 13.3. The largest absolute Gasteiger partial charge is 0.481 e. The smallest absolute Gasteiger partial charge is 0.318 e. The molecule has 1 aromatic rings. The lowest BCUT2D eigenvalue weighted by Gasteiger charge is -2.15. The molecule has 1 aliphatic carbocycles. The quantitative estimate of drug-likeness (QED) is 0.723. The lowest BCUT2D eigenvalue weighted by molar-refractivity contribution is -0.126. The Morgan fingerprint density at radius 2 is 2.19 bits per heavy atom. The van der Waals surface area contributed by atoms with Gasteiger partial charge in [-0.25, -0.2) is 4.79 Å². The van der Waals surface area contributed by atoms with Gasteiger partial charge in [-0.05, 0) is 43.5 Å². The molecule has 1 aromatic carbocycles. The minimum atomic E-state index is -0.888. The Bertz CT molecular complexity index is 546. The molecule has 114 valence electrons. The van der Waals surface area contributed by atoms with Crippen molar-refractivity contribution in [2.75, 3.05) is 0 Å². The van der Waals surface area contributed by atoms with Crippen molar-refractivity contribution in [2.45, 2.75) is 38.5 Å². The number of hydrogen-bond acceptors (Lipinski definition) is 4. The van der Waals surface area contributed by atoms with E-state index in [1.807, 2.05) is 17.4 Å². The maximum Gasteiger partial charge on any atom is 0.318 e. The van der Waals surface area contributed by atoms with Crippen LogP contribution in [-0.2, 0) is 11.3 Å². The SMILES string of the molecule is CC(Oc1ccc(Br)c(CNC2CC2)c1)C(=O)NC(N)=O. The first kappa shape index (κ1) is 15.8. The van der Waals surface area contributed by atoms with Gasteiger partial charge in [0.05, 0.1) is 0 Å². The van der Waals surface area contributed by atoms with Gasteiger partial charge in [-0.1, -0.05) is 15.9 Å². The molecule has 0 saturated heterocycles. The molecule has 1 fully saturated rings. The van der Waals surface area contributed by atoms with Gasteiger partial charge in [0.1, 0.15) is 5.75 Å². The minimum Gasteiger partial charge on any atom is -0.481 e. The molecular weight excluding hydrogens is 338 g/mol. The number of benzene rings is 1. The second-order valence-electron chi connectivity index (χ2n) is 5.02. The van der Waals surface area contributed by atoms with Crippen LogP contribution in [0.4, 0.5) is 4.79 Å². The average molecular weight is 356 g/mol. The first-order valence-corrected chi connectivity index (χ1v) is 7.54. The summed E-state index contributed by atoms with van der Waals surface area (Å²) in [6, 6.07) is 5.23. The van der Waals surface area contributed by atoms with E-state index < -0.39 is 18.0 Å². The van der Waals surface area contributed by atoms with Crippen LogP contribution < -0.4 is 21.1 Å². The highest BCUT2D eigenvalue weighted by molar-refractivity contribution is 9.10. The Hall–Kier alpha value is -1.60. The fourth-order valence-corrected chi connectivity index (χ4v) is 2.17. The van der Waals surface area contributed by atoms with Gasteiger partial charge in [0.2, 0.25) is 0 Å². The molecule has 4 N–H and O–H groups in total. The number of urea groups is 1. The number of primary amides is 1. The number of hydrogen-bond donors (Lipinski definition) is 3. The molecular formula is C14H18BrN3O3. The Balaban J connectivity index is 1.96. The molecule has 7 heteroatoms. The van der Waals surface area contributed by atoms with Crippen molar-refractivity contribution >= 4 is 27.9 Å². The molecule has 1 saturated carbocycles. The fraction of sp³-hybridized carbons (Fsp3) is 0.429. The van der Waals surface area contributed by atoms with Gasteiger partial charge < -0.3 is 15.8 Å². The summed E-state index contributed by atoms with van der Waals surface area (Å²) in [4.78, 5) is 22.2. The van der Waals surface area contributed by atoms with E-state index >= 15 is 0 Å². The monoisotopic (exact) mass is 355 g/mol. The van der Waals surface area contributed by atoms with Crippen LogP contribution in [0.3, 0.4) is 0 Å². The number of halogens is 1. The predicted molar refractivity (Wildman–Crippen MR) is 81.8 cm³/mol. The van der Waals surface area contributed by atoms with Crippen molar-refractivity contribution in [3.05, 3.63) is 28.2 Å². The highest BCUT2D eigenvalue weighted by Gasteiger charge is 2.21. The van der Waals surface area contributed by atoms with Gasteiger partial charge in [-0.15, -0.1) is 0 Å². The summed E-state index contributed by atoms with van der Waals surface area (Å²) in [5.74, 6) is 0.000918. The number of carbonyl (C=O) groups is 2. The van der Waals surface area contributed by atoms with Gasteiger partial charge in [0.15, 0.2) is 6.10 Å². The van der Waals surface area contributed by atoms with Crippen molar-refractivity contribution in [3.8, 4) is 5.75 Å². The van der Waals surface area contributed by atoms with E-state index in [0.717, 1.165) is 16.6 Å². The van der Waals surface area contributed by atoms with Crippen molar-refractivity contribution in [1.82, 2.24) is 10.6 Å². The average Bonchev–Trinajstić information content (AvgIpc) is 3.22. The fourth-order valence-electron chi connectivity index (χ4n) is 1.78. The van der Waals surface area contributed by atoms with E-state index in [-0.39, 0.29) is 0 Å². The summed E-state index contributed by atoms with van der Waals surface area (Å²) in [5, 5.41) is 5.41. The molecule has 6 nitrogen and oxygen atoms in total. The Morgan fingerprint density at radius 1 is 1.48 bits per heavy atom. The molecule has 0 spiro atoms. The van der Waals surface area contributed by atoms with Crippen molar-refractivity contribution in [1.29, 1.82) is 0 Å². The summed E-state index contributed by atoms with van der Waals surface area (Å²) in [6.45, 7) is 2.30. The molecule has 1 unspecified atom stereocenters. The van der Waals surface area contributed by atoms with E-state index in [2.05, 4.69) is 21.2 Å². The number of nitrogens with two attached hydrogens (primary N) is 1. The summed E-state index contributed by atoms with van der Waals surface area (Å²) in [7, 11) is 0. The Labute approximate surface area is 131 Å². The topological polar surface area (TPSA) is 93.4 Å². The van der Waals surface area contributed by atoms with E-state index in [9.17, 15) is 9.59 Å². The van der Waals surface area contributed by atoms with Crippen LogP contribution in [0.25, 0.3) is 0 Å². The summed E-state index contributed by atoms with van der Waals surface area (Å²) in [6.07, 6.45) is 1.64. The van der Waals surface area contributed by atoms with E-state index in [1.54, 1.807) is 13.0 Å². The Morgan fingerprint density at radius 3 is 2.81 bits per heavy atom. The first-order chi connectivity index (χ1) is 9.95. The Kier molecular flexibility index (Phi) is 5.19. The van der Waals surface area contributed by atoms with Crippen LogP contribution >= 0.6 is 15.9 Å². The van der Waals surface area contributed by atoms with Crippen LogP contribution in [0.2, 0.25) is 0 Å². The number of imide groups is 1.